The van der Waals surface area contributed by atoms with Crippen molar-refractivity contribution in [1.82, 2.24) is 14.8 Å². The van der Waals surface area contributed by atoms with Crippen molar-refractivity contribution in [3.63, 3.8) is 0 Å². The van der Waals surface area contributed by atoms with Gasteiger partial charge in [0.2, 0.25) is 6.36 Å². The molecule has 1 unspecified atom stereocenters. The Hall–Kier alpha value is -3.71. The molecule has 1 aromatic carbocycles. The summed E-state index contributed by atoms with van der Waals surface area (Å²) < 4.78 is 33.3. The maximum absolute atomic E-state index is 13.7. The van der Waals surface area contributed by atoms with Crippen LogP contribution in [0.1, 0.15) is 23.7 Å². The van der Waals surface area contributed by atoms with Crippen molar-refractivity contribution in [3.8, 4) is 29.5 Å². The molecule has 0 spiro atoms. The van der Waals surface area contributed by atoms with Gasteiger partial charge in [-0.25, -0.2) is 18.4 Å². The van der Waals surface area contributed by atoms with Crippen molar-refractivity contribution >= 4 is 0 Å². The van der Waals surface area contributed by atoms with Gasteiger partial charge in [0.15, 0.2) is 0 Å². The zero-order valence-electron chi connectivity index (χ0n) is 13.6. The van der Waals surface area contributed by atoms with Gasteiger partial charge in [-0.1, -0.05) is 12.0 Å². The molecule has 0 fully saturated rings. The fraction of sp³-hybridized carbons (Fsp3) is 0.105. The maximum Gasteiger partial charge on any atom is 0.251 e. The van der Waals surface area contributed by atoms with Crippen LogP contribution >= 0.6 is 0 Å². The van der Waals surface area contributed by atoms with E-state index in [9.17, 15) is 8.78 Å². The molecule has 0 aliphatic rings. The van der Waals surface area contributed by atoms with Crippen LogP contribution in [0.25, 0.3) is 5.69 Å². The predicted octanol–water partition coefficient (Wildman–Crippen LogP) is 3.37. The van der Waals surface area contributed by atoms with Crippen molar-refractivity contribution in [2.45, 2.75) is 13.3 Å². The molecule has 2 heterocycles. The van der Waals surface area contributed by atoms with Crippen LogP contribution < -0.4 is 4.74 Å². The summed E-state index contributed by atoms with van der Waals surface area (Å²) in [7, 11) is 0. The van der Waals surface area contributed by atoms with E-state index >= 15 is 0 Å². The van der Waals surface area contributed by atoms with Gasteiger partial charge >= 0.3 is 0 Å². The number of hydrogen-bond acceptors (Lipinski definition) is 4. The quantitative estimate of drug-likeness (QED) is 0.680. The van der Waals surface area contributed by atoms with Gasteiger partial charge in [-0.15, -0.1) is 5.10 Å². The summed E-state index contributed by atoms with van der Waals surface area (Å²) in [6.07, 6.45) is 1.48. The Morgan fingerprint density at radius 3 is 2.77 bits per heavy atom. The zero-order valence-corrected chi connectivity index (χ0v) is 13.6. The number of hydrogen-bond donors (Lipinski definition) is 0. The molecule has 128 valence electrons. The van der Waals surface area contributed by atoms with Crippen molar-refractivity contribution in [2.75, 3.05) is 0 Å². The number of benzene rings is 1. The van der Waals surface area contributed by atoms with Gasteiger partial charge in [-0.3, -0.25) is 0 Å². The summed E-state index contributed by atoms with van der Waals surface area (Å²) in [5.41, 5.74) is 1.27. The van der Waals surface area contributed by atoms with Crippen molar-refractivity contribution in [3.05, 3.63) is 71.4 Å². The van der Waals surface area contributed by atoms with Gasteiger partial charge in [-0.2, -0.15) is 5.26 Å². The molecule has 7 heteroatoms. The van der Waals surface area contributed by atoms with Crippen molar-refractivity contribution in [1.29, 1.82) is 5.26 Å². The van der Waals surface area contributed by atoms with Crippen LogP contribution in [0.15, 0.2) is 48.8 Å². The lowest BCUT2D eigenvalue weighted by Crippen LogP contribution is -2.06. The molecule has 26 heavy (non-hydrogen) atoms. The fourth-order valence-corrected chi connectivity index (χ4v) is 2.16. The van der Waals surface area contributed by atoms with Crippen LogP contribution in [-0.4, -0.2) is 21.1 Å². The van der Waals surface area contributed by atoms with Crippen LogP contribution in [0.5, 0.6) is 5.88 Å². The summed E-state index contributed by atoms with van der Waals surface area (Å²) >= 11 is 0. The Morgan fingerprint density at radius 2 is 2.08 bits per heavy atom. The average Bonchev–Trinajstić information content (AvgIpc) is 3.02. The first-order chi connectivity index (χ1) is 12.5. The van der Waals surface area contributed by atoms with E-state index in [1.54, 1.807) is 24.4 Å². The molecule has 0 saturated carbocycles. The lowest BCUT2D eigenvalue weighted by Gasteiger charge is -2.04. The highest BCUT2D eigenvalue weighted by Crippen LogP contribution is 2.21. The summed E-state index contributed by atoms with van der Waals surface area (Å²) in [6.45, 7) is 1.21. The van der Waals surface area contributed by atoms with Gasteiger partial charge < -0.3 is 4.74 Å². The van der Waals surface area contributed by atoms with Gasteiger partial charge in [0.1, 0.15) is 17.1 Å². The number of aromatic nitrogens is 3. The Balaban J connectivity index is 2.04. The number of nitriles is 1. The highest BCUT2D eigenvalue weighted by atomic mass is 19.1. The minimum Gasteiger partial charge on any atom is -0.441 e. The monoisotopic (exact) mass is 350 g/mol. The van der Waals surface area contributed by atoms with E-state index in [2.05, 4.69) is 21.9 Å². The van der Waals surface area contributed by atoms with Crippen LogP contribution in [0, 0.1) is 29.0 Å². The van der Waals surface area contributed by atoms with Crippen LogP contribution in [0.2, 0.25) is 0 Å². The first-order valence-electron chi connectivity index (χ1n) is 7.59. The smallest absolute Gasteiger partial charge is 0.251 e. The second kappa shape index (κ2) is 7.45. The number of rotatable bonds is 3. The molecule has 2 aromatic heterocycles. The number of nitrogens with zero attached hydrogens (tertiary/aromatic N) is 4. The summed E-state index contributed by atoms with van der Waals surface area (Å²) in [6, 6.07) is 10.9. The highest BCUT2D eigenvalue weighted by molar-refractivity contribution is 5.48. The molecular formula is C19H12F2N4O. The zero-order chi connectivity index (χ0) is 18.5. The van der Waals surface area contributed by atoms with Gasteiger partial charge in [-0.05, 0) is 36.3 Å². The van der Waals surface area contributed by atoms with E-state index < -0.39 is 12.2 Å². The highest BCUT2D eigenvalue weighted by Gasteiger charge is 2.14. The summed E-state index contributed by atoms with van der Waals surface area (Å²) in [5.74, 6) is 5.03. The van der Waals surface area contributed by atoms with E-state index in [1.165, 1.54) is 29.9 Å². The SMILES string of the molecule is CC(F)Oc1nn(-c2cc(F)cc(C#N)c2)cc1C#Cc1ccccn1. The van der Waals surface area contributed by atoms with E-state index in [1.807, 2.05) is 6.07 Å². The van der Waals surface area contributed by atoms with Crippen LogP contribution in [0.3, 0.4) is 0 Å². The molecule has 3 aromatic rings. The third-order valence-corrected chi connectivity index (χ3v) is 3.22. The first-order valence-corrected chi connectivity index (χ1v) is 7.59. The summed E-state index contributed by atoms with van der Waals surface area (Å²) in [4.78, 5) is 4.08. The molecule has 1 atom stereocenters. The first kappa shape index (κ1) is 17.1. The molecule has 0 saturated heterocycles. The van der Waals surface area contributed by atoms with E-state index in [0.717, 1.165) is 6.07 Å². The third-order valence-electron chi connectivity index (χ3n) is 3.22. The molecule has 5 nitrogen and oxygen atoms in total. The standard InChI is InChI=1S/C19H12F2N4O/c1-13(20)26-19-15(5-6-17-4-2-3-7-23-17)12-25(24-19)18-9-14(11-22)8-16(21)10-18/h2-4,7-10,12-13H,1H3. The maximum atomic E-state index is 13.7. The van der Waals surface area contributed by atoms with Gasteiger partial charge in [0.05, 0.1) is 23.5 Å². The minimum absolute atomic E-state index is 0.0359. The number of ether oxygens (including phenoxy) is 1. The molecule has 0 N–H and O–H groups in total. The minimum atomic E-state index is -1.60. The molecular weight excluding hydrogens is 338 g/mol. The lowest BCUT2D eigenvalue weighted by molar-refractivity contribution is 0.0802. The molecule has 0 aliphatic carbocycles. The molecule has 0 bridgehead atoms. The van der Waals surface area contributed by atoms with Gasteiger partial charge in [0, 0.05) is 13.1 Å². The number of alkyl halides is 1. The lowest BCUT2D eigenvalue weighted by atomic mass is 10.2. The molecule has 0 aliphatic heterocycles. The van der Waals surface area contributed by atoms with Crippen LogP contribution in [-0.2, 0) is 0 Å². The molecule has 0 amide bonds. The average molecular weight is 350 g/mol. The molecule has 3 rings (SSSR count). The number of halogens is 2. The second-order valence-corrected chi connectivity index (χ2v) is 5.23. The normalized spacial score (nSPS) is 11.2. The van der Waals surface area contributed by atoms with Crippen LogP contribution in [0.4, 0.5) is 8.78 Å². The van der Waals surface area contributed by atoms with Crippen molar-refractivity contribution < 1.29 is 13.5 Å². The topological polar surface area (TPSA) is 63.7 Å². The predicted molar refractivity (Wildman–Crippen MR) is 89.7 cm³/mol. The van der Waals surface area contributed by atoms with E-state index in [-0.39, 0.29) is 11.4 Å². The number of pyridine rings is 1. The third kappa shape index (κ3) is 4.03. The molecule has 0 radical (unpaired) electrons. The van der Waals surface area contributed by atoms with E-state index in [4.69, 9.17) is 10.00 Å². The van der Waals surface area contributed by atoms with Gasteiger partial charge in [0.25, 0.3) is 5.88 Å². The Labute approximate surface area is 148 Å². The Morgan fingerprint density at radius 1 is 1.23 bits per heavy atom. The summed E-state index contributed by atoms with van der Waals surface area (Å²) in [5, 5.41) is 13.1. The Bertz CT molecular complexity index is 1030. The second-order valence-electron chi connectivity index (χ2n) is 5.23. The van der Waals surface area contributed by atoms with E-state index in [0.29, 0.717) is 16.9 Å². The largest absolute Gasteiger partial charge is 0.441 e. The Kier molecular flexibility index (Phi) is 4.91. The van der Waals surface area contributed by atoms with Crippen molar-refractivity contribution in [2.24, 2.45) is 0 Å². The fourth-order valence-electron chi connectivity index (χ4n) is 2.16.